The molecule has 0 atom stereocenters. The first-order valence-corrected chi connectivity index (χ1v) is 8.66. The second kappa shape index (κ2) is 7.79. The highest BCUT2D eigenvalue weighted by molar-refractivity contribution is 6.04. The summed E-state index contributed by atoms with van der Waals surface area (Å²) in [6.45, 7) is 0.411. The van der Waals surface area contributed by atoms with Crippen LogP contribution in [0.25, 0.3) is 11.4 Å². The third-order valence-electron chi connectivity index (χ3n) is 4.13. The molecule has 28 heavy (non-hydrogen) atoms. The summed E-state index contributed by atoms with van der Waals surface area (Å²) in [5.41, 5.74) is 2.93. The van der Waals surface area contributed by atoms with E-state index in [4.69, 9.17) is 0 Å². The van der Waals surface area contributed by atoms with E-state index in [0.717, 1.165) is 11.3 Å². The maximum Gasteiger partial charge on any atom is 0.255 e. The number of carbonyl (C=O) groups excluding carboxylic acids is 1. The Morgan fingerprint density at radius 1 is 0.929 bits per heavy atom. The van der Waals surface area contributed by atoms with Crippen molar-refractivity contribution in [2.24, 2.45) is 0 Å². The number of hydrogen-bond donors (Lipinski definition) is 1. The van der Waals surface area contributed by atoms with Crippen LogP contribution in [-0.4, -0.2) is 26.1 Å². The van der Waals surface area contributed by atoms with Gasteiger partial charge in [-0.15, -0.1) is 10.2 Å². The van der Waals surface area contributed by atoms with Gasteiger partial charge in [0.2, 0.25) is 5.82 Å². The lowest BCUT2D eigenvalue weighted by Crippen LogP contribution is -2.12. The Labute approximate surface area is 160 Å². The van der Waals surface area contributed by atoms with Crippen LogP contribution >= 0.6 is 0 Å². The molecule has 1 amide bonds. The molecule has 3 aromatic carbocycles. The van der Waals surface area contributed by atoms with Crippen molar-refractivity contribution < 1.29 is 9.18 Å². The number of para-hydroxylation sites is 1. The fourth-order valence-corrected chi connectivity index (χ4v) is 2.67. The molecule has 1 aromatic heterocycles. The Morgan fingerprint density at radius 3 is 2.36 bits per heavy atom. The number of aromatic nitrogens is 4. The summed E-state index contributed by atoms with van der Waals surface area (Å²) in [7, 11) is 0. The Kier molecular flexibility index (Phi) is 4.88. The first-order chi connectivity index (χ1) is 13.7. The van der Waals surface area contributed by atoms with Crippen molar-refractivity contribution in [3.05, 3.63) is 95.8 Å². The quantitative estimate of drug-likeness (QED) is 0.578. The molecule has 138 valence electrons. The summed E-state index contributed by atoms with van der Waals surface area (Å²) in [5.74, 6) is -0.0541. The van der Waals surface area contributed by atoms with Crippen LogP contribution in [0.1, 0.15) is 15.9 Å². The largest absolute Gasteiger partial charge is 0.322 e. The fraction of sp³-hybridized carbons (Fsp3) is 0.0476. The minimum atomic E-state index is -0.312. The highest BCUT2D eigenvalue weighted by Gasteiger charge is 2.08. The van der Waals surface area contributed by atoms with Crippen LogP contribution < -0.4 is 5.32 Å². The summed E-state index contributed by atoms with van der Waals surface area (Å²) in [4.78, 5) is 13.7. The van der Waals surface area contributed by atoms with Crippen molar-refractivity contribution in [3.8, 4) is 11.4 Å². The van der Waals surface area contributed by atoms with Crippen LogP contribution in [0, 0.1) is 5.82 Å². The van der Waals surface area contributed by atoms with Crippen LogP contribution in [0.5, 0.6) is 0 Å². The van der Waals surface area contributed by atoms with E-state index in [9.17, 15) is 9.18 Å². The lowest BCUT2D eigenvalue weighted by molar-refractivity contribution is 0.102. The predicted molar refractivity (Wildman–Crippen MR) is 103 cm³/mol. The van der Waals surface area contributed by atoms with Gasteiger partial charge < -0.3 is 5.32 Å². The minimum Gasteiger partial charge on any atom is -0.322 e. The van der Waals surface area contributed by atoms with E-state index in [2.05, 4.69) is 20.7 Å². The number of carbonyl (C=O) groups is 1. The van der Waals surface area contributed by atoms with Crippen molar-refractivity contribution in [1.82, 2.24) is 20.2 Å². The van der Waals surface area contributed by atoms with Crippen LogP contribution in [0.2, 0.25) is 0 Å². The van der Waals surface area contributed by atoms with Gasteiger partial charge in [-0.2, -0.15) is 4.80 Å². The third kappa shape index (κ3) is 4.09. The normalized spacial score (nSPS) is 10.6. The van der Waals surface area contributed by atoms with E-state index in [1.165, 1.54) is 16.9 Å². The Bertz CT molecular complexity index is 1080. The molecular formula is C21H16FN5O. The van der Waals surface area contributed by atoms with E-state index in [1.807, 2.05) is 42.5 Å². The van der Waals surface area contributed by atoms with E-state index >= 15 is 0 Å². The maximum absolute atomic E-state index is 13.0. The van der Waals surface area contributed by atoms with E-state index in [-0.39, 0.29) is 11.7 Å². The summed E-state index contributed by atoms with van der Waals surface area (Å²) in [6.07, 6.45) is 0. The molecule has 0 radical (unpaired) electrons. The van der Waals surface area contributed by atoms with Gasteiger partial charge >= 0.3 is 0 Å². The number of halogens is 1. The maximum atomic E-state index is 13.0. The summed E-state index contributed by atoms with van der Waals surface area (Å²) in [5, 5.41) is 15.2. The van der Waals surface area contributed by atoms with Gasteiger partial charge in [0.25, 0.3) is 5.91 Å². The molecule has 0 saturated carbocycles. The number of hydrogen-bond acceptors (Lipinski definition) is 4. The highest BCUT2D eigenvalue weighted by atomic mass is 19.1. The number of rotatable bonds is 5. The molecule has 1 N–H and O–H groups in total. The van der Waals surface area contributed by atoms with Crippen molar-refractivity contribution in [2.45, 2.75) is 6.54 Å². The molecule has 7 heteroatoms. The lowest BCUT2D eigenvalue weighted by Gasteiger charge is -2.06. The zero-order valence-corrected chi connectivity index (χ0v) is 14.8. The zero-order valence-electron chi connectivity index (χ0n) is 14.8. The number of nitrogens with zero attached hydrogens (tertiary/aromatic N) is 4. The van der Waals surface area contributed by atoms with Gasteiger partial charge in [0.05, 0.1) is 6.54 Å². The Hall–Kier alpha value is -3.87. The molecule has 0 spiro atoms. The molecule has 6 nitrogen and oxygen atoms in total. The van der Waals surface area contributed by atoms with Gasteiger partial charge in [-0.1, -0.05) is 30.3 Å². The SMILES string of the molecule is O=C(Nc1ccccc1)c1ccc(Cn2nnc(-c3ccc(F)cc3)n2)cc1. The van der Waals surface area contributed by atoms with Crippen LogP contribution in [-0.2, 0) is 6.54 Å². The number of amides is 1. The first kappa shape index (κ1) is 17.5. The average Bonchev–Trinajstić information content (AvgIpc) is 3.18. The van der Waals surface area contributed by atoms with Gasteiger partial charge in [0, 0.05) is 16.8 Å². The average molecular weight is 373 g/mol. The monoisotopic (exact) mass is 373 g/mol. The summed E-state index contributed by atoms with van der Waals surface area (Å²) >= 11 is 0. The lowest BCUT2D eigenvalue weighted by atomic mass is 10.1. The van der Waals surface area contributed by atoms with Crippen molar-refractivity contribution in [1.29, 1.82) is 0 Å². The summed E-state index contributed by atoms with van der Waals surface area (Å²) < 4.78 is 13.0. The first-order valence-electron chi connectivity index (χ1n) is 8.66. The predicted octanol–water partition coefficient (Wildman–Crippen LogP) is 3.78. The van der Waals surface area contributed by atoms with Crippen molar-refractivity contribution in [2.75, 3.05) is 5.32 Å². The smallest absolute Gasteiger partial charge is 0.255 e. The van der Waals surface area contributed by atoms with Gasteiger partial charge in [-0.05, 0) is 59.3 Å². The van der Waals surface area contributed by atoms with Crippen molar-refractivity contribution in [3.63, 3.8) is 0 Å². The van der Waals surface area contributed by atoms with E-state index in [1.54, 1.807) is 24.3 Å². The molecule has 4 rings (SSSR count). The number of benzene rings is 3. The van der Waals surface area contributed by atoms with Crippen LogP contribution in [0.15, 0.2) is 78.9 Å². The molecule has 0 aliphatic heterocycles. The highest BCUT2D eigenvalue weighted by Crippen LogP contribution is 2.14. The van der Waals surface area contributed by atoms with E-state index < -0.39 is 0 Å². The van der Waals surface area contributed by atoms with Gasteiger partial charge in [-0.25, -0.2) is 4.39 Å². The van der Waals surface area contributed by atoms with Gasteiger partial charge in [-0.3, -0.25) is 4.79 Å². The molecule has 0 aliphatic rings. The molecule has 0 saturated heterocycles. The standard InChI is InChI=1S/C21H16FN5O/c22-18-12-10-16(11-13-18)20-24-26-27(25-20)14-15-6-8-17(9-7-15)21(28)23-19-4-2-1-3-5-19/h1-13H,14H2,(H,23,28). The molecule has 0 aliphatic carbocycles. The topological polar surface area (TPSA) is 72.7 Å². The fourth-order valence-electron chi connectivity index (χ4n) is 2.67. The van der Waals surface area contributed by atoms with Gasteiger partial charge in [0.1, 0.15) is 5.82 Å². The Morgan fingerprint density at radius 2 is 1.64 bits per heavy atom. The number of nitrogens with one attached hydrogen (secondary N) is 1. The second-order valence-corrected chi connectivity index (χ2v) is 6.17. The van der Waals surface area contributed by atoms with Crippen molar-refractivity contribution >= 4 is 11.6 Å². The molecule has 0 bridgehead atoms. The molecule has 0 unspecified atom stereocenters. The minimum absolute atomic E-state index is 0.171. The molecular weight excluding hydrogens is 357 g/mol. The molecule has 4 aromatic rings. The van der Waals surface area contributed by atoms with Gasteiger partial charge in [0.15, 0.2) is 0 Å². The van der Waals surface area contributed by atoms with Crippen LogP contribution in [0.4, 0.5) is 10.1 Å². The molecule has 0 fully saturated rings. The number of tetrazole rings is 1. The number of anilines is 1. The summed E-state index contributed by atoms with van der Waals surface area (Å²) in [6, 6.07) is 22.4. The van der Waals surface area contributed by atoms with Crippen LogP contribution in [0.3, 0.4) is 0 Å². The third-order valence-corrected chi connectivity index (χ3v) is 4.13. The zero-order chi connectivity index (χ0) is 19.3. The Balaban J connectivity index is 1.42. The molecule has 1 heterocycles. The second-order valence-electron chi connectivity index (χ2n) is 6.17. The van der Waals surface area contributed by atoms with E-state index in [0.29, 0.717) is 23.5 Å².